The fourth-order valence-corrected chi connectivity index (χ4v) is 3.31. The molecule has 0 aliphatic rings. The Morgan fingerprint density at radius 1 is 1.15 bits per heavy atom. The van der Waals surface area contributed by atoms with Crippen LogP contribution in [0.2, 0.25) is 5.02 Å². The van der Waals surface area contributed by atoms with Crippen molar-refractivity contribution in [1.82, 2.24) is 34.3 Å². The predicted molar refractivity (Wildman–Crippen MR) is 106 cm³/mol. The van der Waals surface area contributed by atoms with Crippen molar-refractivity contribution in [2.24, 2.45) is 0 Å². The zero-order valence-corrected chi connectivity index (χ0v) is 16.4. The van der Waals surface area contributed by atoms with E-state index in [1.54, 1.807) is 23.3 Å². The summed E-state index contributed by atoms with van der Waals surface area (Å²) < 4.78 is 6.01. The van der Waals surface area contributed by atoms with Crippen molar-refractivity contribution in [2.45, 2.75) is 26.4 Å². The van der Waals surface area contributed by atoms with Crippen molar-refractivity contribution >= 4 is 23.8 Å². The molecule has 0 unspecified atom stereocenters. The average molecular weight is 400 g/mol. The molecule has 3 aromatic heterocycles. The molecule has 0 radical (unpaired) electrons. The van der Waals surface area contributed by atoms with Gasteiger partial charge in [-0.1, -0.05) is 41.4 Å². The van der Waals surface area contributed by atoms with Crippen LogP contribution in [0.5, 0.6) is 0 Å². The van der Waals surface area contributed by atoms with Crippen LogP contribution in [0.1, 0.15) is 29.9 Å². The quantitative estimate of drug-likeness (QED) is 0.516. The van der Waals surface area contributed by atoms with Gasteiger partial charge in [-0.2, -0.15) is 15.3 Å². The largest absolute Gasteiger partial charge is 0.267 e. The third kappa shape index (κ3) is 3.58. The Hall–Kier alpha value is -2.71. The lowest BCUT2D eigenvalue weighted by atomic mass is 10.1. The zero-order chi connectivity index (χ0) is 19.0. The first-order valence-corrected chi connectivity index (χ1v) is 9.25. The van der Waals surface area contributed by atoms with Crippen LogP contribution < -0.4 is 0 Å². The van der Waals surface area contributed by atoms with Gasteiger partial charge < -0.3 is 0 Å². The molecule has 0 aliphatic carbocycles. The Labute approximate surface area is 166 Å². The normalized spacial score (nSPS) is 12.4. The van der Waals surface area contributed by atoms with Gasteiger partial charge in [-0.25, -0.2) is 0 Å². The number of rotatable bonds is 5. The van der Waals surface area contributed by atoms with Gasteiger partial charge in [0.05, 0.1) is 29.6 Å². The van der Waals surface area contributed by atoms with Crippen molar-refractivity contribution < 1.29 is 0 Å². The number of benzene rings is 1. The lowest BCUT2D eigenvalue weighted by Crippen LogP contribution is -2.13. The maximum atomic E-state index is 5.99. The summed E-state index contributed by atoms with van der Waals surface area (Å²) in [5.74, 6) is 0.731. The van der Waals surface area contributed by atoms with Crippen LogP contribution in [-0.2, 0) is 6.54 Å². The van der Waals surface area contributed by atoms with E-state index in [9.17, 15) is 0 Å². The molecule has 0 amide bonds. The Kier molecular flexibility index (Phi) is 4.67. The van der Waals surface area contributed by atoms with Gasteiger partial charge in [-0.3, -0.25) is 19.0 Å². The van der Waals surface area contributed by atoms with Crippen LogP contribution in [0.4, 0.5) is 0 Å². The van der Waals surface area contributed by atoms with E-state index in [0.717, 1.165) is 11.5 Å². The smallest absolute Gasteiger partial charge is 0.200 e. The van der Waals surface area contributed by atoms with E-state index in [4.69, 9.17) is 23.8 Å². The molecule has 7 nitrogen and oxygen atoms in total. The van der Waals surface area contributed by atoms with Gasteiger partial charge in [0, 0.05) is 12.4 Å². The molecule has 9 heteroatoms. The second kappa shape index (κ2) is 7.13. The third-order valence-electron chi connectivity index (χ3n) is 4.38. The molecule has 138 valence electrons. The molecule has 1 atom stereocenters. The molecular weight excluding hydrogens is 382 g/mol. The fourth-order valence-electron chi connectivity index (χ4n) is 2.92. The molecule has 0 aliphatic heterocycles. The summed E-state index contributed by atoms with van der Waals surface area (Å²) in [7, 11) is 0. The first kappa shape index (κ1) is 17.7. The molecule has 0 saturated carbocycles. The van der Waals surface area contributed by atoms with Crippen LogP contribution in [0.25, 0.3) is 5.69 Å². The van der Waals surface area contributed by atoms with Crippen molar-refractivity contribution in [3.8, 4) is 5.69 Å². The predicted octanol–water partition coefficient (Wildman–Crippen LogP) is 3.94. The molecule has 27 heavy (non-hydrogen) atoms. The number of halogens is 1. The lowest BCUT2D eigenvalue weighted by Gasteiger charge is -2.12. The third-order valence-corrected chi connectivity index (χ3v) is 4.85. The maximum Gasteiger partial charge on any atom is 0.200 e. The van der Waals surface area contributed by atoms with Gasteiger partial charge in [0.1, 0.15) is 6.04 Å². The van der Waals surface area contributed by atoms with Crippen molar-refractivity contribution in [3.63, 3.8) is 0 Å². The lowest BCUT2D eigenvalue weighted by molar-refractivity contribution is 0.527. The Balaban J connectivity index is 1.64. The minimum atomic E-state index is -0.147. The summed E-state index contributed by atoms with van der Waals surface area (Å²) >= 11 is 11.4. The molecule has 0 spiro atoms. The number of aromatic nitrogens is 7. The first-order valence-electron chi connectivity index (χ1n) is 8.46. The molecule has 4 aromatic rings. The van der Waals surface area contributed by atoms with Gasteiger partial charge >= 0.3 is 0 Å². The number of H-pyrrole nitrogens is 1. The molecule has 1 aromatic carbocycles. The molecule has 1 N–H and O–H groups in total. The average Bonchev–Trinajstić information content (AvgIpc) is 3.36. The van der Waals surface area contributed by atoms with Gasteiger partial charge in [-0.15, -0.1) is 0 Å². The van der Waals surface area contributed by atoms with Gasteiger partial charge in [0.15, 0.2) is 10.6 Å². The number of hydrogen-bond donors (Lipinski definition) is 1. The molecule has 4 rings (SSSR count). The molecular formula is C18H18ClN7S. The van der Waals surface area contributed by atoms with Crippen LogP contribution in [0.3, 0.4) is 0 Å². The highest BCUT2D eigenvalue weighted by Gasteiger charge is 2.19. The number of aromatic amines is 1. The van der Waals surface area contributed by atoms with Gasteiger partial charge in [0.25, 0.3) is 0 Å². The highest BCUT2D eigenvalue weighted by molar-refractivity contribution is 7.71. The van der Waals surface area contributed by atoms with Crippen LogP contribution in [-0.4, -0.2) is 34.3 Å². The Bertz CT molecular complexity index is 1120. The van der Waals surface area contributed by atoms with E-state index in [1.807, 2.05) is 22.4 Å². The van der Waals surface area contributed by atoms with Crippen LogP contribution in [0, 0.1) is 11.7 Å². The van der Waals surface area contributed by atoms with Gasteiger partial charge in [-0.05, 0) is 31.6 Å². The highest BCUT2D eigenvalue weighted by atomic mass is 35.5. The highest BCUT2D eigenvalue weighted by Crippen LogP contribution is 2.21. The minimum absolute atomic E-state index is 0.147. The van der Waals surface area contributed by atoms with Crippen LogP contribution in [0.15, 0.2) is 49.1 Å². The Morgan fingerprint density at radius 3 is 2.63 bits per heavy atom. The number of nitrogens with one attached hydrogen (secondary N) is 1. The summed E-state index contributed by atoms with van der Waals surface area (Å²) in [6.45, 7) is 4.75. The summed E-state index contributed by atoms with van der Waals surface area (Å²) in [5, 5.41) is 16.6. The standard InChI is InChI=1S/C18H18ClN7S/c1-12-3-5-14(6-4-12)9-24-11-16(8-20-24)26-17(22-23-18(26)27)13(2)25-10-15(19)7-21-25/h3-8,10-11,13H,9H2,1-2H3,(H,23,27)/t13-/m0/s1. The number of nitrogens with zero attached hydrogens (tertiary/aromatic N) is 6. The second-order valence-electron chi connectivity index (χ2n) is 6.42. The summed E-state index contributed by atoms with van der Waals surface area (Å²) in [5.41, 5.74) is 3.27. The van der Waals surface area contributed by atoms with E-state index < -0.39 is 0 Å². The van der Waals surface area contributed by atoms with Crippen molar-refractivity contribution in [1.29, 1.82) is 0 Å². The van der Waals surface area contributed by atoms with E-state index in [0.29, 0.717) is 16.3 Å². The first-order chi connectivity index (χ1) is 13.0. The maximum absolute atomic E-state index is 5.99. The number of aryl methyl sites for hydroxylation is 1. The van der Waals surface area contributed by atoms with E-state index in [-0.39, 0.29) is 6.04 Å². The Morgan fingerprint density at radius 2 is 1.93 bits per heavy atom. The van der Waals surface area contributed by atoms with Crippen molar-refractivity contribution in [2.75, 3.05) is 0 Å². The van der Waals surface area contributed by atoms with E-state index in [2.05, 4.69) is 51.6 Å². The molecule has 3 heterocycles. The fraction of sp³-hybridized carbons (Fsp3) is 0.222. The van der Waals surface area contributed by atoms with Crippen LogP contribution >= 0.6 is 23.8 Å². The van der Waals surface area contributed by atoms with Crippen molar-refractivity contribution in [3.05, 3.63) is 75.8 Å². The number of hydrogen-bond acceptors (Lipinski definition) is 4. The topological polar surface area (TPSA) is 69.2 Å². The molecule has 0 fully saturated rings. The van der Waals surface area contributed by atoms with E-state index >= 15 is 0 Å². The SMILES string of the molecule is Cc1ccc(Cn2cc(-n3c([C@H](C)n4cc(Cl)cn4)n[nH]c3=S)cn2)cc1. The monoisotopic (exact) mass is 399 g/mol. The molecule has 0 bridgehead atoms. The zero-order valence-electron chi connectivity index (χ0n) is 14.9. The summed E-state index contributed by atoms with van der Waals surface area (Å²) in [6, 6.07) is 8.26. The minimum Gasteiger partial charge on any atom is -0.267 e. The van der Waals surface area contributed by atoms with Gasteiger partial charge in [0.2, 0.25) is 0 Å². The second-order valence-corrected chi connectivity index (χ2v) is 7.24. The van der Waals surface area contributed by atoms with E-state index in [1.165, 1.54) is 11.1 Å². The summed E-state index contributed by atoms with van der Waals surface area (Å²) in [4.78, 5) is 0. The molecule has 0 saturated heterocycles. The summed E-state index contributed by atoms with van der Waals surface area (Å²) in [6.07, 6.45) is 7.10.